The van der Waals surface area contributed by atoms with E-state index < -0.39 is 34.3 Å². The molecule has 1 aliphatic rings. The third-order valence-corrected chi connectivity index (χ3v) is 5.47. The molecule has 0 spiro atoms. The van der Waals surface area contributed by atoms with Gasteiger partial charge in [0.1, 0.15) is 0 Å². The highest BCUT2D eigenvalue weighted by molar-refractivity contribution is 6.17. The van der Waals surface area contributed by atoms with E-state index in [1.807, 2.05) is 0 Å². The number of amides is 2. The van der Waals surface area contributed by atoms with E-state index in [-0.39, 0.29) is 17.2 Å². The van der Waals surface area contributed by atoms with E-state index in [1.54, 1.807) is 57.2 Å². The second kappa shape index (κ2) is 9.23. The Morgan fingerprint density at radius 1 is 1.18 bits per heavy atom. The van der Waals surface area contributed by atoms with Crippen LogP contribution in [0.25, 0.3) is 0 Å². The summed E-state index contributed by atoms with van der Waals surface area (Å²) in [5, 5.41) is 24.9. The number of aryl methyl sites for hydroxylation is 1. The number of aliphatic hydroxyl groups excluding tert-OH is 1. The van der Waals surface area contributed by atoms with Gasteiger partial charge in [0, 0.05) is 35.8 Å². The highest BCUT2D eigenvalue weighted by atomic mass is 16.6. The number of hydrogen-bond acceptors (Lipinski definition) is 6. The number of benzene rings is 2. The molecule has 1 aliphatic heterocycles. The van der Waals surface area contributed by atoms with Crippen LogP contribution < -0.4 is 10.2 Å². The molecule has 9 heteroatoms. The summed E-state index contributed by atoms with van der Waals surface area (Å²) >= 11 is 0. The molecule has 2 amide bonds. The van der Waals surface area contributed by atoms with Gasteiger partial charge < -0.3 is 10.4 Å². The molecule has 1 heterocycles. The largest absolute Gasteiger partial charge is 0.503 e. The molecule has 0 saturated carbocycles. The molecule has 2 aromatic carbocycles. The predicted octanol–water partition coefficient (Wildman–Crippen LogP) is 4.24. The Labute approximate surface area is 190 Å². The van der Waals surface area contributed by atoms with Crippen LogP contribution in [-0.2, 0) is 20.8 Å². The standard InChI is InChI=1S/C24H25N3O6/c1-5-15-6-7-16(12-19(15)27(32)33)21-20(22(29)13(2)3)23(30)24(31)26(21)18-10-8-17(9-11-18)25-14(4)28/h6-13,21,30H,5H2,1-4H3,(H,25,28). The van der Waals surface area contributed by atoms with E-state index in [1.165, 1.54) is 17.9 Å². The van der Waals surface area contributed by atoms with Crippen molar-refractivity contribution in [2.75, 3.05) is 10.2 Å². The normalized spacial score (nSPS) is 15.8. The molecular formula is C24H25N3O6. The lowest BCUT2D eigenvalue weighted by Crippen LogP contribution is -2.31. The number of aliphatic hydroxyl groups is 1. The van der Waals surface area contributed by atoms with Crippen LogP contribution in [0.2, 0.25) is 0 Å². The minimum Gasteiger partial charge on any atom is -0.503 e. The Hall–Kier alpha value is -4.01. The number of nitrogens with zero attached hydrogens (tertiary/aromatic N) is 2. The third kappa shape index (κ3) is 4.48. The number of hydrogen-bond donors (Lipinski definition) is 2. The Morgan fingerprint density at radius 3 is 2.33 bits per heavy atom. The quantitative estimate of drug-likeness (QED) is 0.478. The van der Waals surface area contributed by atoms with Crippen LogP contribution in [0, 0.1) is 16.0 Å². The number of rotatable bonds is 7. The number of ketones is 1. The van der Waals surface area contributed by atoms with Crippen molar-refractivity contribution in [1.82, 2.24) is 0 Å². The summed E-state index contributed by atoms with van der Waals surface area (Å²) in [5.74, 6) is -2.65. The van der Waals surface area contributed by atoms with Crippen molar-refractivity contribution >= 4 is 34.7 Å². The zero-order valence-corrected chi connectivity index (χ0v) is 18.8. The summed E-state index contributed by atoms with van der Waals surface area (Å²) in [6.45, 7) is 6.46. The van der Waals surface area contributed by atoms with E-state index in [2.05, 4.69) is 5.32 Å². The average molecular weight is 451 g/mol. The number of carbonyl (C=O) groups excluding carboxylic acids is 3. The smallest absolute Gasteiger partial charge is 0.294 e. The van der Waals surface area contributed by atoms with Crippen molar-refractivity contribution in [3.05, 3.63) is 75.0 Å². The highest BCUT2D eigenvalue weighted by Crippen LogP contribution is 2.43. The first-order valence-electron chi connectivity index (χ1n) is 10.5. The Bertz CT molecular complexity index is 1170. The van der Waals surface area contributed by atoms with Gasteiger partial charge in [-0.15, -0.1) is 0 Å². The van der Waals surface area contributed by atoms with Crippen molar-refractivity contribution in [2.24, 2.45) is 5.92 Å². The van der Waals surface area contributed by atoms with Crippen molar-refractivity contribution in [3.63, 3.8) is 0 Å². The van der Waals surface area contributed by atoms with Crippen LogP contribution >= 0.6 is 0 Å². The molecule has 2 N–H and O–H groups in total. The fourth-order valence-electron chi connectivity index (χ4n) is 3.88. The Morgan fingerprint density at radius 2 is 1.82 bits per heavy atom. The van der Waals surface area contributed by atoms with Crippen molar-refractivity contribution in [1.29, 1.82) is 0 Å². The minimum absolute atomic E-state index is 0.0977. The molecule has 0 bridgehead atoms. The van der Waals surface area contributed by atoms with Gasteiger partial charge in [-0.05, 0) is 36.2 Å². The van der Waals surface area contributed by atoms with E-state index in [0.717, 1.165) is 0 Å². The van der Waals surface area contributed by atoms with Crippen LogP contribution in [0.4, 0.5) is 17.1 Å². The summed E-state index contributed by atoms with van der Waals surface area (Å²) in [5.41, 5.74) is 1.51. The number of nitro groups is 1. The molecule has 3 rings (SSSR count). The summed E-state index contributed by atoms with van der Waals surface area (Å²) in [4.78, 5) is 49.8. The maximum atomic E-state index is 13.1. The lowest BCUT2D eigenvalue weighted by molar-refractivity contribution is -0.385. The summed E-state index contributed by atoms with van der Waals surface area (Å²) in [6.07, 6.45) is 0.438. The molecule has 0 aromatic heterocycles. The molecular weight excluding hydrogens is 426 g/mol. The van der Waals surface area contributed by atoms with Gasteiger partial charge in [0.25, 0.3) is 11.6 Å². The van der Waals surface area contributed by atoms with Crippen LogP contribution in [0.3, 0.4) is 0 Å². The predicted molar refractivity (Wildman–Crippen MR) is 123 cm³/mol. The van der Waals surface area contributed by atoms with Gasteiger partial charge in [-0.25, -0.2) is 0 Å². The molecule has 0 aliphatic carbocycles. The molecule has 0 fully saturated rings. The number of Topliss-reactive ketones (excluding diaryl/α,β-unsaturated/α-hetero) is 1. The van der Waals surface area contributed by atoms with Crippen LogP contribution in [0.15, 0.2) is 53.8 Å². The topological polar surface area (TPSA) is 130 Å². The summed E-state index contributed by atoms with van der Waals surface area (Å²) < 4.78 is 0. The lowest BCUT2D eigenvalue weighted by atomic mass is 9.90. The first-order valence-corrected chi connectivity index (χ1v) is 10.5. The van der Waals surface area contributed by atoms with E-state index >= 15 is 0 Å². The molecule has 1 unspecified atom stereocenters. The van der Waals surface area contributed by atoms with E-state index in [9.17, 15) is 29.6 Å². The van der Waals surface area contributed by atoms with Crippen LogP contribution in [-0.4, -0.2) is 27.6 Å². The van der Waals surface area contributed by atoms with Crippen molar-refractivity contribution < 1.29 is 24.4 Å². The number of anilines is 2. The average Bonchev–Trinajstić information content (AvgIpc) is 3.03. The van der Waals surface area contributed by atoms with Gasteiger partial charge in [0.05, 0.1) is 16.5 Å². The first-order chi connectivity index (χ1) is 15.6. The van der Waals surface area contributed by atoms with Gasteiger partial charge in [-0.3, -0.25) is 29.4 Å². The molecule has 9 nitrogen and oxygen atoms in total. The number of carbonyl (C=O) groups is 3. The number of nitro benzene ring substituents is 1. The maximum Gasteiger partial charge on any atom is 0.294 e. The molecule has 0 radical (unpaired) electrons. The third-order valence-electron chi connectivity index (χ3n) is 5.47. The summed E-state index contributed by atoms with van der Waals surface area (Å²) in [6, 6.07) is 9.86. The summed E-state index contributed by atoms with van der Waals surface area (Å²) in [7, 11) is 0. The van der Waals surface area contributed by atoms with Crippen molar-refractivity contribution in [2.45, 2.75) is 40.2 Å². The zero-order chi connectivity index (χ0) is 24.4. The van der Waals surface area contributed by atoms with Crippen LogP contribution in [0.1, 0.15) is 44.9 Å². The minimum atomic E-state index is -1.04. The number of nitrogens with one attached hydrogen (secondary N) is 1. The second-order valence-corrected chi connectivity index (χ2v) is 8.09. The van der Waals surface area contributed by atoms with Gasteiger partial charge in [0.15, 0.2) is 11.5 Å². The molecule has 2 aromatic rings. The van der Waals surface area contributed by atoms with Gasteiger partial charge in [-0.1, -0.05) is 32.9 Å². The Kier molecular flexibility index (Phi) is 6.62. The molecule has 33 heavy (non-hydrogen) atoms. The van der Waals surface area contributed by atoms with E-state index in [0.29, 0.717) is 28.9 Å². The Balaban J connectivity index is 2.18. The van der Waals surface area contributed by atoms with Crippen molar-refractivity contribution in [3.8, 4) is 0 Å². The second-order valence-electron chi connectivity index (χ2n) is 8.09. The fraction of sp³-hybridized carbons (Fsp3) is 0.292. The first kappa shape index (κ1) is 23.6. The maximum absolute atomic E-state index is 13.1. The molecule has 1 atom stereocenters. The van der Waals surface area contributed by atoms with Gasteiger partial charge in [-0.2, -0.15) is 0 Å². The monoisotopic (exact) mass is 451 g/mol. The SMILES string of the molecule is CCc1ccc(C2C(C(=O)C(C)C)=C(O)C(=O)N2c2ccc(NC(C)=O)cc2)cc1[N+](=O)[O-]. The van der Waals surface area contributed by atoms with Gasteiger partial charge >= 0.3 is 0 Å². The molecule has 0 saturated heterocycles. The molecule has 172 valence electrons. The van der Waals surface area contributed by atoms with E-state index in [4.69, 9.17) is 0 Å². The zero-order valence-electron chi connectivity index (χ0n) is 18.8. The highest BCUT2D eigenvalue weighted by Gasteiger charge is 2.45. The van der Waals surface area contributed by atoms with Crippen LogP contribution in [0.5, 0.6) is 0 Å². The fourth-order valence-corrected chi connectivity index (χ4v) is 3.88. The lowest BCUT2D eigenvalue weighted by Gasteiger charge is -2.27. The van der Waals surface area contributed by atoms with Gasteiger partial charge in [0.2, 0.25) is 5.91 Å².